The number of nitrogens with one attached hydrogen (secondary N) is 1. The van der Waals surface area contributed by atoms with Crippen molar-refractivity contribution >= 4 is 33.5 Å². The van der Waals surface area contributed by atoms with Crippen molar-refractivity contribution in [3.05, 3.63) is 59.7 Å². The van der Waals surface area contributed by atoms with E-state index in [1.54, 1.807) is 12.4 Å². The molecular formula is C15H11N3O3S2. The molecule has 1 atom stereocenters. The number of pyridine rings is 1. The van der Waals surface area contributed by atoms with E-state index in [4.69, 9.17) is 4.55 Å². The Labute approximate surface area is 138 Å². The van der Waals surface area contributed by atoms with Gasteiger partial charge in [0.05, 0.1) is 10.6 Å². The Kier molecular flexibility index (Phi) is 4.56. The first-order chi connectivity index (χ1) is 11.1. The number of hydrogen-bond donors (Lipinski definition) is 2. The highest BCUT2D eigenvalue weighted by molar-refractivity contribution is 7.79. The van der Waals surface area contributed by atoms with E-state index in [0.29, 0.717) is 10.7 Å². The van der Waals surface area contributed by atoms with Crippen LogP contribution in [0, 0.1) is 0 Å². The fourth-order valence-corrected chi connectivity index (χ4v) is 2.96. The highest BCUT2D eigenvalue weighted by atomic mass is 32.2. The maximum absolute atomic E-state index is 12.1. The fourth-order valence-electron chi connectivity index (χ4n) is 1.88. The van der Waals surface area contributed by atoms with Crippen LogP contribution in [0.4, 0.5) is 5.13 Å². The Morgan fingerprint density at radius 3 is 2.48 bits per heavy atom. The summed E-state index contributed by atoms with van der Waals surface area (Å²) in [6.45, 7) is 0. The lowest BCUT2D eigenvalue weighted by atomic mass is 10.2. The number of benzene rings is 1. The van der Waals surface area contributed by atoms with Gasteiger partial charge in [-0.2, -0.15) is 0 Å². The molecule has 1 unspecified atom stereocenters. The standard InChI is InChI=1S/C15H11N3O3S2/c19-14(11-1-3-12(4-2-11)23(20)21)18-15-17-13(9-22-15)10-5-7-16-8-6-10/h1-9H,(H,20,21)(H,17,18,19). The largest absolute Gasteiger partial charge is 0.302 e. The number of aromatic nitrogens is 2. The van der Waals surface area contributed by atoms with Crippen molar-refractivity contribution in [2.45, 2.75) is 4.90 Å². The number of carbonyl (C=O) groups excluding carboxylic acids is 1. The van der Waals surface area contributed by atoms with Gasteiger partial charge in [0, 0.05) is 28.9 Å². The predicted octanol–water partition coefficient (Wildman–Crippen LogP) is 3.04. The summed E-state index contributed by atoms with van der Waals surface area (Å²) < 4.78 is 19.9. The Bertz CT molecular complexity index is 848. The number of carbonyl (C=O) groups is 1. The van der Waals surface area contributed by atoms with Gasteiger partial charge in [-0.15, -0.1) is 11.3 Å². The molecule has 2 heterocycles. The van der Waals surface area contributed by atoms with E-state index >= 15 is 0 Å². The number of rotatable bonds is 4. The fraction of sp³-hybridized carbons (Fsp3) is 0. The summed E-state index contributed by atoms with van der Waals surface area (Å²) >= 11 is -0.730. The maximum atomic E-state index is 12.1. The quantitative estimate of drug-likeness (QED) is 0.709. The highest BCUT2D eigenvalue weighted by Crippen LogP contribution is 2.24. The molecule has 116 valence electrons. The van der Waals surface area contributed by atoms with Crippen LogP contribution in [0.5, 0.6) is 0 Å². The predicted molar refractivity (Wildman–Crippen MR) is 88.8 cm³/mol. The minimum Gasteiger partial charge on any atom is -0.302 e. The SMILES string of the molecule is O=C(Nc1nc(-c2ccncc2)cs1)c1ccc(S(=O)O)cc1. The van der Waals surface area contributed by atoms with Crippen LogP contribution in [0.15, 0.2) is 59.1 Å². The molecule has 1 aromatic carbocycles. The molecule has 2 N–H and O–H groups in total. The summed E-state index contributed by atoms with van der Waals surface area (Å²) in [5.41, 5.74) is 2.07. The van der Waals surface area contributed by atoms with Crippen LogP contribution in [-0.4, -0.2) is 24.6 Å². The zero-order valence-corrected chi connectivity index (χ0v) is 13.3. The molecule has 0 fully saturated rings. The minimum absolute atomic E-state index is 0.246. The Hall–Kier alpha value is -2.42. The monoisotopic (exact) mass is 345 g/mol. The van der Waals surface area contributed by atoms with E-state index in [2.05, 4.69) is 15.3 Å². The first kappa shape index (κ1) is 15.5. The van der Waals surface area contributed by atoms with Crippen molar-refractivity contribution in [3.63, 3.8) is 0 Å². The topological polar surface area (TPSA) is 92.2 Å². The molecule has 23 heavy (non-hydrogen) atoms. The van der Waals surface area contributed by atoms with E-state index in [9.17, 15) is 9.00 Å². The maximum Gasteiger partial charge on any atom is 0.257 e. The lowest BCUT2D eigenvalue weighted by Gasteiger charge is -2.02. The van der Waals surface area contributed by atoms with Crippen LogP contribution in [-0.2, 0) is 11.1 Å². The number of amides is 1. The van der Waals surface area contributed by atoms with E-state index in [1.165, 1.54) is 35.6 Å². The third-order valence-corrected chi connectivity index (χ3v) is 4.45. The summed E-state index contributed by atoms with van der Waals surface area (Å²) in [4.78, 5) is 20.7. The van der Waals surface area contributed by atoms with Crippen LogP contribution in [0.3, 0.4) is 0 Å². The van der Waals surface area contributed by atoms with Crippen LogP contribution < -0.4 is 5.32 Å². The normalized spacial score (nSPS) is 11.9. The molecule has 0 aliphatic heterocycles. The van der Waals surface area contributed by atoms with Crippen LogP contribution >= 0.6 is 11.3 Å². The van der Waals surface area contributed by atoms with Gasteiger partial charge in [-0.3, -0.25) is 15.1 Å². The molecule has 0 saturated carbocycles. The first-order valence-corrected chi connectivity index (χ1v) is 8.50. The van der Waals surface area contributed by atoms with Gasteiger partial charge in [0.2, 0.25) is 0 Å². The molecule has 0 aliphatic carbocycles. The molecule has 8 heteroatoms. The molecule has 0 aliphatic rings. The zero-order valence-electron chi connectivity index (χ0n) is 11.7. The van der Waals surface area contributed by atoms with Crippen LogP contribution in [0.2, 0.25) is 0 Å². The summed E-state index contributed by atoms with van der Waals surface area (Å²) in [5, 5.41) is 5.04. The molecule has 0 bridgehead atoms. The second-order valence-electron chi connectivity index (χ2n) is 4.50. The molecule has 3 rings (SSSR count). The van der Waals surface area contributed by atoms with Gasteiger partial charge >= 0.3 is 0 Å². The summed E-state index contributed by atoms with van der Waals surface area (Å²) in [5.74, 6) is -0.323. The minimum atomic E-state index is -2.05. The second kappa shape index (κ2) is 6.78. The van der Waals surface area contributed by atoms with Crippen molar-refractivity contribution in [2.75, 3.05) is 5.32 Å². The summed E-state index contributed by atoms with van der Waals surface area (Å²) in [7, 11) is 0. The molecule has 1 amide bonds. The molecule has 6 nitrogen and oxygen atoms in total. The second-order valence-corrected chi connectivity index (χ2v) is 6.33. The number of thiazole rings is 1. The van der Waals surface area contributed by atoms with E-state index in [1.807, 2.05) is 17.5 Å². The number of hydrogen-bond acceptors (Lipinski definition) is 5. The van der Waals surface area contributed by atoms with Crippen molar-refractivity contribution in [1.82, 2.24) is 9.97 Å². The lowest BCUT2D eigenvalue weighted by Crippen LogP contribution is -2.11. The van der Waals surface area contributed by atoms with Gasteiger partial charge in [-0.1, -0.05) is 0 Å². The van der Waals surface area contributed by atoms with E-state index < -0.39 is 11.1 Å². The zero-order chi connectivity index (χ0) is 16.2. The Morgan fingerprint density at radius 1 is 1.13 bits per heavy atom. The number of anilines is 1. The van der Waals surface area contributed by atoms with Crippen molar-refractivity contribution in [1.29, 1.82) is 0 Å². The van der Waals surface area contributed by atoms with Gasteiger partial charge in [0.25, 0.3) is 5.91 Å². The average Bonchev–Trinajstić information content (AvgIpc) is 3.04. The Balaban J connectivity index is 1.73. The highest BCUT2D eigenvalue weighted by Gasteiger charge is 2.10. The molecular weight excluding hydrogens is 334 g/mol. The van der Waals surface area contributed by atoms with Crippen molar-refractivity contribution in [2.24, 2.45) is 0 Å². The van der Waals surface area contributed by atoms with Gasteiger partial charge in [-0.05, 0) is 36.4 Å². The average molecular weight is 345 g/mol. The smallest absolute Gasteiger partial charge is 0.257 e. The van der Waals surface area contributed by atoms with Gasteiger partial charge in [0.15, 0.2) is 16.2 Å². The first-order valence-electron chi connectivity index (χ1n) is 6.51. The van der Waals surface area contributed by atoms with E-state index in [0.717, 1.165) is 11.3 Å². The third-order valence-electron chi connectivity index (χ3n) is 3.02. The Morgan fingerprint density at radius 2 is 1.83 bits per heavy atom. The van der Waals surface area contributed by atoms with Gasteiger partial charge in [0.1, 0.15) is 0 Å². The molecule has 3 aromatic rings. The van der Waals surface area contributed by atoms with Gasteiger partial charge < -0.3 is 4.55 Å². The molecule has 0 radical (unpaired) electrons. The summed E-state index contributed by atoms with van der Waals surface area (Å²) in [6.07, 6.45) is 3.36. The van der Waals surface area contributed by atoms with E-state index in [-0.39, 0.29) is 10.8 Å². The molecule has 2 aromatic heterocycles. The summed E-state index contributed by atoms with van der Waals surface area (Å²) in [6, 6.07) is 9.56. The molecule has 0 spiro atoms. The molecule has 0 saturated heterocycles. The third kappa shape index (κ3) is 3.67. The number of nitrogens with zero attached hydrogens (tertiary/aromatic N) is 2. The van der Waals surface area contributed by atoms with Crippen LogP contribution in [0.25, 0.3) is 11.3 Å². The van der Waals surface area contributed by atoms with Crippen molar-refractivity contribution in [3.8, 4) is 11.3 Å². The lowest BCUT2D eigenvalue weighted by molar-refractivity contribution is 0.102. The van der Waals surface area contributed by atoms with Gasteiger partial charge in [-0.25, -0.2) is 9.19 Å². The van der Waals surface area contributed by atoms with Crippen LogP contribution in [0.1, 0.15) is 10.4 Å². The van der Waals surface area contributed by atoms with Crippen molar-refractivity contribution < 1.29 is 13.6 Å².